The van der Waals surface area contributed by atoms with E-state index < -0.39 is 0 Å². The number of ether oxygens (including phenoxy) is 3. The summed E-state index contributed by atoms with van der Waals surface area (Å²) in [6.07, 6.45) is 0.976. The molecular weight excluding hydrogens is 396 g/mol. The van der Waals surface area contributed by atoms with Crippen molar-refractivity contribution in [1.82, 2.24) is 10.3 Å². The van der Waals surface area contributed by atoms with E-state index in [9.17, 15) is 0 Å². The van der Waals surface area contributed by atoms with Crippen LogP contribution in [0.3, 0.4) is 0 Å². The predicted octanol–water partition coefficient (Wildman–Crippen LogP) is 4.19. The summed E-state index contributed by atoms with van der Waals surface area (Å²) in [5.74, 6) is 2.31. The van der Waals surface area contributed by atoms with Gasteiger partial charge in [0.2, 0.25) is 0 Å². The molecule has 0 aliphatic carbocycles. The molecule has 5 nitrogen and oxygen atoms in total. The number of rotatable bonds is 4. The van der Waals surface area contributed by atoms with Gasteiger partial charge in [-0.25, -0.2) is 0 Å². The Balaban J connectivity index is 1.86. The molecule has 2 heterocycles. The topological polar surface area (TPSA) is 55.5 Å². The lowest BCUT2D eigenvalue weighted by Gasteiger charge is -2.26. The molecule has 26 heavy (non-hydrogen) atoms. The molecule has 0 spiro atoms. The largest absolute Gasteiger partial charge is 0.497 e. The number of aromatic amines is 1. The van der Waals surface area contributed by atoms with Crippen LogP contribution in [0.1, 0.15) is 22.9 Å². The minimum Gasteiger partial charge on any atom is -0.497 e. The van der Waals surface area contributed by atoms with Crippen molar-refractivity contribution in [3.05, 3.63) is 51.6 Å². The van der Waals surface area contributed by atoms with Crippen LogP contribution in [0.2, 0.25) is 0 Å². The van der Waals surface area contributed by atoms with Gasteiger partial charge >= 0.3 is 0 Å². The molecule has 0 radical (unpaired) electrons. The lowest BCUT2D eigenvalue weighted by atomic mass is 9.94. The molecule has 136 valence electrons. The number of hydrogen-bond acceptors (Lipinski definition) is 4. The van der Waals surface area contributed by atoms with Crippen LogP contribution < -0.4 is 19.5 Å². The first-order chi connectivity index (χ1) is 12.7. The maximum Gasteiger partial charge on any atom is 0.161 e. The molecule has 0 saturated carbocycles. The standard InChI is InChI=1S/C20H21BrN2O3/c1-24-11-4-5-16-13(8-11)12-6-7-22-19(20(12)23-16)14-9-17(25-2)18(26-3)10-15(14)21/h4-5,8-10,19,22-23H,6-7H2,1-3H3. The van der Waals surface area contributed by atoms with Gasteiger partial charge in [0.05, 0.1) is 27.4 Å². The second kappa shape index (κ2) is 6.85. The van der Waals surface area contributed by atoms with Gasteiger partial charge in [0.25, 0.3) is 0 Å². The number of H-pyrrole nitrogens is 1. The van der Waals surface area contributed by atoms with Gasteiger partial charge in [-0.3, -0.25) is 0 Å². The zero-order chi connectivity index (χ0) is 18.3. The number of fused-ring (bicyclic) bond motifs is 3. The first-order valence-corrected chi connectivity index (χ1v) is 9.28. The number of methoxy groups -OCH3 is 3. The molecule has 2 aromatic carbocycles. The molecule has 2 N–H and O–H groups in total. The van der Waals surface area contributed by atoms with Crippen LogP contribution in [0.4, 0.5) is 0 Å². The van der Waals surface area contributed by atoms with E-state index in [0.29, 0.717) is 5.75 Å². The van der Waals surface area contributed by atoms with Crippen LogP contribution in [0, 0.1) is 0 Å². The Kier molecular flexibility index (Phi) is 4.54. The van der Waals surface area contributed by atoms with Crippen molar-refractivity contribution in [2.24, 2.45) is 0 Å². The molecule has 1 unspecified atom stereocenters. The van der Waals surface area contributed by atoms with Crippen LogP contribution in [-0.4, -0.2) is 32.9 Å². The van der Waals surface area contributed by atoms with Gasteiger partial charge < -0.3 is 24.5 Å². The second-order valence-electron chi connectivity index (χ2n) is 6.29. The summed E-state index contributed by atoms with van der Waals surface area (Å²) in [5, 5.41) is 4.85. The Morgan fingerprint density at radius 2 is 1.77 bits per heavy atom. The third kappa shape index (κ3) is 2.73. The van der Waals surface area contributed by atoms with Crippen LogP contribution in [-0.2, 0) is 6.42 Å². The summed E-state index contributed by atoms with van der Waals surface area (Å²) in [6, 6.07) is 10.2. The third-order valence-electron chi connectivity index (χ3n) is 4.97. The molecule has 4 rings (SSSR count). The van der Waals surface area contributed by atoms with Crippen molar-refractivity contribution in [2.45, 2.75) is 12.5 Å². The molecule has 6 heteroatoms. The molecule has 1 atom stereocenters. The van der Waals surface area contributed by atoms with Crippen molar-refractivity contribution in [3.63, 3.8) is 0 Å². The maximum absolute atomic E-state index is 5.50. The van der Waals surface area contributed by atoms with Crippen molar-refractivity contribution in [2.75, 3.05) is 27.9 Å². The Morgan fingerprint density at radius 3 is 2.50 bits per heavy atom. The Bertz CT molecular complexity index is 967. The van der Waals surface area contributed by atoms with E-state index in [2.05, 4.69) is 38.4 Å². The molecule has 0 fully saturated rings. The van der Waals surface area contributed by atoms with Gasteiger partial charge in [0.15, 0.2) is 11.5 Å². The monoisotopic (exact) mass is 416 g/mol. The summed E-state index contributed by atoms with van der Waals surface area (Å²) in [4.78, 5) is 3.60. The van der Waals surface area contributed by atoms with Gasteiger partial charge in [0.1, 0.15) is 5.75 Å². The van der Waals surface area contributed by atoms with Crippen LogP contribution in [0.15, 0.2) is 34.8 Å². The van der Waals surface area contributed by atoms with Crippen LogP contribution in [0.25, 0.3) is 10.9 Å². The molecule has 1 aliphatic heterocycles. The van der Waals surface area contributed by atoms with Gasteiger partial charge in [0, 0.05) is 27.6 Å². The molecular formula is C20H21BrN2O3. The summed E-state index contributed by atoms with van der Waals surface area (Å²) in [7, 11) is 5.00. The van der Waals surface area contributed by atoms with Crippen molar-refractivity contribution in [1.29, 1.82) is 0 Å². The minimum atomic E-state index is 0.0475. The van der Waals surface area contributed by atoms with E-state index in [1.165, 1.54) is 16.6 Å². The highest BCUT2D eigenvalue weighted by molar-refractivity contribution is 9.10. The Labute approximate surface area is 160 Å². The predicted molar refractivity (Wildman–Crippen MR) is 106 cm³/mol. The van der Waals surface area contributed by atoms with Crippen LogP contribution in [0.5, 0.6) is 17.2 Å². The van der Waals surface area contributed by atoms with Crippen molar-refractivity contribution < 1.29 is 14.2 Å². The average Bonchev–Trinajstić information content (AvgIpc) is 3.05. The average molecular weight is 417 g/mol. The smallest absolute Gasteiger partial charge is 0.161 e. The zero-order valence-electron chi connectivity index (χ0n) is 15.0. The first kappa shape index (κ1) is 17.2. The van der Waals surface area contributed by atoms with E-state index >= 15 is 0 Å². The minimum absolute atomic E-state index is 0.0475. The number of benzene rings is 2. The van der Waals surface area contributed by atoms with Gasteiger partial charge in [-0.15, -0.1) is 0 Å². The summed E-state index contributed by atoms with van der Waals surface area (Å²) >= 11 is 3.70. The Hall–Kier alpha value is -2.18. The SMILES string of the molecule is COc1ccc2[nH]c3c(c2c1)CCNC3c1cc(OC)c(OC)cc1Br. The van der Waals surface area contributed by atoms with E-state index in [1.54, 1.807) is 21.3 Å². The van der Waals surface area contributed by atoms with Gasteiger partial charge in [-0.2, -0.15) is 0 Å². The van der Waals surface area contributed by atoms with Crippen molar-refractivity contribution in [3.8, 4) is 17.2 Å². The molecule has 0 saturated heterocycles. The lowest BCUT2D eigenvalue weighted by Crippen LogP contribution is -2.30. The molecule has 0 bridgehead atoms. The van der Waals surface area contributed by atoms with E-state index in [0.717, 1.165) is 40.0 Å². The van der Waals surface area contributed by atoms with Gasteiger partial charge in [-0.05, 0) is 47.9 Å². The number of nitrogens with one attached hydrogen (secondary N) is 2. The molecule has 1 aromatic heterocycles. The number of hydrogen-bond donors (Lipinski definition) is 2. The highest BCUT2D eigenvalue weighted by Gasteiger charge is 2.28. The van der Waals surface area contributed by atoms with E-state index in [1.807, 2.05) is 18.2 Å². The molecule has 3 aromatic rings. The normalized spacial score (nSPS) is 16.4. The molecule has 1 aliphatic rings. The lowest BCUT2D eigenvalue weighted by molar-refractivity contribution is 0.353. The fourth-order valence-corrected chi connectivity index (χ4v) is 4.24. The zero-order valence-corrected chi connectivity index (χ0v) is 16.6. The van der Waals surface area contributed by atoms with E-state index in [4.69, 9.17) is 14.2 Å². The first-order valence-electron chi connectivity index (χ1n) is 8.49. The van der Waals surface area contributed by atoms with Gasteiger partial charge in [-0.1, -0.05) is 15.9 Å². The summed E-state index contributed by atoms with van der Waals surface area (Å²) in [5.41, 5.74) is 4.76. The number of halogens is 1. The fourth-order valence-electron chi connectivity index (χ4n) is 3.69. The third-order valence-corrected chi connectivity index (χ3v) is 5.66. The highest BCUT2D eigenvalue weighted by Crippen LogP contribution is 2.41. The second-order valence-corrected chi connectivity index (χ2v) is 7.15. The fraction of sp³-hybridized carbons (Fsp3) is 0.300. The quantitative estimate of drug-likeness (QED) is 0.669. The number of aromatic nitrogens is 1. The summed E-state index contributed by atoms with van der Waals surface area (Å²) in [6.45, 7) is 0.905. The van der Waals surface area contributed by atoms with Crippen LogP contribution >= 0.6 is 15.9 Å². The van der Waals surface area contributed by atoms with Crippen molar-refractivity contribution >= 4 is 26.8 Å². The summed E-state index contributed by atoms with van der Waals surface area (Å²) < 4.78 is 17.3. The van der Waals surface area contributed by atoms with E-state index in [-0.39, 0.29) is 6.04 Å². The Morgan fingerprint density at radius 1 is 1.00 bits per heavy atom. The highest BCUT2D eigenvalue weighted by atomic mass is 79.9. The maximum atomic E-state index is 5.50. The molecule has 0 amide bonds.